The summed E-state index contributed by atoms with van der Waals surface area (Å²) in [6.45, 7) is 7.23. The SMILES string of the molecule is CCN(CC)CCNC(=O)c1ccc(NC(=O)Nc2cc(OC(F)(F)F)cs2)cc1. The molecule has 1 heterocycles. The van der Waals surface area contributed by atoms with E-state index < -0.39 is 18.1 Å². The molecule has 0 saturated heterocycles. The van der Waals surface area contributed by atoms with Crippen LogP contribution in [0.5, 0.6) is 5.75 Å². The quantitative estimate of drug-likeness (QED) is 0.537. The second-order valence-corrected chi connectivity index (χ2v) is 7.04. The first-order valence-corrected chi connectivity index (χ1v) is 10.1. The molecule has 0 radical (unpaired) electrons. The molecule has 0 atom stereocenters. The number of benzene rings is 1. The fourth-order valence-electron chi connectivity index (χ4n) is 2.52. The minimum Gasteiger partial charge on any atom is -0.405 e. The van der Waals surface area contributed by atoms with E-state index in [0.717, 1.165) is 42.4 Å². The highest BCUT2D eigenvalue weighted by Crippen LogP contribution is 2.30. The van der Waals surface area contributed by atoms with Gasteiger partial charge in [-0.25, -0.2) is 4.79 Å². The summed E-state index contributed by atoms with van der Waals surface area (Å²) in [5.74, 6) is -0.618. The molecule has 11 heteroatoms. The average Bonchev–Trinajstić information content (AvgIpc) is 3.10. The number of halogens is 3. The lowest BCUT2D eigenvalue weighted by Gasteiger charge is -2.18. The number of likely N-dealkylation sites (N-methyl/N-ethyl adjacent to an activating group) is 1. The fraction of sp³-hybridized carbons (Fsp3) is 0.368. The van der Waals surface area contributed by atoms with E-state index in [1.165, 1.54) is 0 Å². The Kier molecular flexibility index (Phi) is 8.48. The zero-order valence-electron chi connectivity index (χ0n) is 16.5. The van der Waals surface area contributed by atoms with Crippen LogP contribution in [-0.2, 0) is 0 Å². The molecule has 2 rings (SSSR count). The second-order valence-electron chi connectivity index (χ2n) is 6.13. The molecule has 0 aliphatic rings. The molecule has 1 aromatic carbocycles. The molecule has 7 nitrogen and oxygen atoms in total. The summed E-state index contributed by atoms with van der Waals surface area (Å²) in [5.41, 5.74) is 0.878. The summed E-state index contributed by atoms with van der Waals surface area (Å²) in [6, 6.07) is 6.71. The molecule has 1 aromatic heterocycles. The van der Waals surface area contributed by atoms with Crippen molar-refractivity contribution in [2.75, 3.05) is 36.8 Å². The number of hydrogen-bond donors (Lipinski definition) is 3. The van der Waals surface area contributed by atoms with Crippen LogP contribution < -0.4 is 20.7 Å². The monoisotopic (exact) mass is 444 g/mol. The molecule has 2 aromatic rings. The summed E-state index contributed by atoms with van der Waals surface area (Å²) in [7, 11) is 0. The Labute approximate surface area is 176 Å². The minimum atomic E-state index is -4.79. The van der Waals surface area contributed by atoms with Gasteiger partial charge in [-0.05, 0) is 37.4 Å². The van der Waals surface area contributed by atoms with Crippen LogP contribution in [0.25, 0.3) is 0 Å². The Hall–Kier alpha value is -2.79. The van der Waals surface area contributed by atoms with Crippen LogP contribution >= 0.6 is 11.3 Å². The molecule has 3 amide bonds. The van der Waals surface area contributed by atoms with E-state index in [1.54, 1.807) is 24.3 Å². The maximum Gasteiger partial charge on any atom is 0.573 e. The molecular formula is C19H23F3N4O3S. The summed E-state index contributed by atoms with van der Waals surface area (Å²) >= 11 is 0.895. The zero-order valence-corrected chi connectivity index (χ0v) is 17.3. The van der Waals surface area contributed by atoms with E-state index in [-0.39, 0.29) is 10.9 Å². The maximum absolute atomic E-state index is 12.2. The number of carbonyl (C=O) groups excluding carboxylic acids is 2. The largest absolute Gasteiger partial charge is 0.573 e. The Balaban J connectivity index is 1.82. The van der Waals surface area contributed by atoms with Crippen molar-refractivity contribution < 1.29 is 27.5 Å². The third-order valence-corrected chi connectivity index (χ3v) is 4.88. The average molecular weight is 444 g/mol. The Morgan fingerprint density at radius 3 is 2.37 bits per heavy atom. The van der Waals surface area contributed by atoms with Crippen molar-refractivity contribution in [1.82, 2.24) is 10.2 Å². The van der Waals surface area contributed by atoms with Crippen LogP contribution in [0.2, 0.25) is 0 Å². The third-order valence-electron chi connectivity index (χ3n) is 4.06. The normalized spacial score (nSPS) is 11.3. The van der Waals surface area contributed by atoms with E-state index >= 15 is 0 Å². The lowest BCUT2D eigenvalue weighted by atomic mass is 10.2. The molecule has 3 N–H and O–H groups in total. The number of ether oxygens (including phenoxy) is 1. The van der Waals surface area contributed by atoms with Gasteiger partial charge in [-0.15, -0.1) is 24.5 Å². The highest BCUT2D eigenvalue weighted by Gasteiger charge is 2.31. The van der Waals surface area contributed by atoms with Crippen LogP contribution in [0.15, 0.2) is 35.7 Å². The first-order valence-electron chi connectivity index (χ1n) is 9.23. The fourth-order valence-corrected chi connectivity index (χ4v) is 3.22. The Bertz CT molecular complexity index is 836. The van der Waals surface area contributed by atoms with Crippen molar-refractivity contribution in [2.45, 2.75) is 20.2 Å². The van der Waals surface area contributed by atoms with E-state index in [0.29, 0.717) is 17.8 Å². The Morgan fingerprint density at radius 1 is 1.10 bits per heavy atom. The van der Waals surface area contributed by atoms with Crippen molar-refractivity contribution in [3.8, 4) is 5.75 Å². The van der Waals surface area contributed by atoms with Crippen molar-refractivity contribution in [3.63, 3.8) is 0 Å². The van der Waals surface area contributed by atoms with Crippen molar-refractivity contribution in [1.29, 1.82) is 0 Å². The molecule has 164 valence electrons. The van der Waals surface area contributed by atoms with Crippen LogP contribution in [0.1, 0.15) is 24.2 Å². The van der Waals surface area contributed by atoms with E-state index in [2.05, 4.69) is 39.4 Å². The molecule has 0 aliphatic heterocycles. The number of rotatable bonds is 9. The van der Waals surface area contributed by atoms with Gasteiger partial charge in [0.2, 0.25) is 0 Å². The molecule has 0 saturated carbocycles. The van der Waals surface area contributed by atoms with Gasteiger partial charge in [0.15, 0.2) is 0 Å². The van der Waals surface area contributed by atoms with Gasteiger partial charge in [0, 0.05) is 35.8 Å². The van der Waals surface area contributed by atoms with Crippen LogP contribution in [-0.4, -0.2) is 49.4 Å². The first-order chi connectivity index (χ1) is 14.2. The topological polar surface area (TPSA) is 82.7 Å². The second kappa shape index (κ2) is 10.8. The smallest absolute Gasteiger partial charge is 0.405 e. The number of alkyl halides is 3. The predicted molar refractivity (Wildman–Crippen MR) is 110 cm³/mol. The number of carbonyl (C=O) groups is 2. The van der Waals surface area contributed by atoms with E-state index in [9.17, 15) is 22.8 Å². The molecule has 0 fully saturated rings. The minimum absolute atomic E-state index is 0.191. The number of amides is 3. The van der Waals surface area contributed by atoms with Crippen LogP contribution in [0, 0.1) is 0 Å². The highest BCUT2D eigenvalue weighted by molar-refractivity contribution is 7.14. The molecule has 0 bridgehead atoms. The maximum atomic E-state index is 12.2. The van der Waals surface area contributed by atoms with Gasteiger partial charge in [0.25, 0.3) is 5.91 Å². The molecule has 0 aliphatic carbocycles. The van der Waals surface area contributed by atoms with Crippen molar-refractivity contribution in [3.05, 3.63) is 41.3 Å². The molecule has 30 heavy (non-hydrogen) atoms. The highest BCUT2D eigenvalue weighted by atomic mass is 32.1. The van der Waals surface area contributed by atoms with Gasteiger partial charge in [0.05, 0.1) is 0 Å². The number of thiophene rings is 1. The summed E-state index contributed by atoms with van der Waals surface area (Å²) in [5, 5.41) is 9.13. The van der Waals surface area contributed by atoms with Gasteiger partial charge in [-0.3, -0.25) is 10.1 Å². The van der Waals surface area contributed by atoms with Gasteiger partial charge < -0.3 is 20.3 Å². The number of nitrogens with one attached hydrogen (secondary N) is 3. The first kappa shape index (κ1) is 23.5. The van der Waals surface area contributed by atoms with Gasteiger partial charge in [0.1, 0.15) is 10.8 Å². The van der Waals surface area contributed by atoms with Crippen molar-refractivity contribution >= 4 is 34.0 Å². The van der Waals surface area contributed by atoms with E-state index in [1.807, 2.05) is 0 Å². The summed E-state index contributed by atoms with van der Waals surface area (Å²) in [4.78, 5) is 26.3. The number of nitrogens with zero attached hydrogens (tertiary/aromatic N) is 1. The molecule has 0 unspecified atom stereocenters. The van der Waals surface area contributed by atoms with Gasteiger partial charge in [-0.1, -0.05) is 13.8 Å². The lowest BCUT2D eigenvalue weighted by molar-refractivity contribution is -0.274. The van der Waals surface area contributed by atoms with Gasteiger partial charge >= 0.3 is 12.4 Å². The lowest BCUT2D eigenvalue weighted by Crippen LogP contribution is -2.34. The zero-order chi connectivity index (χ0) is 22.1. The van der Waals surface area contributed by atoms with Gasteiger partial charge in [-0.2, -0.15) is 0 Å². The third kappa shape index (κ3) is 7.91. The molecule has 0 spiro atoms. The number of urea groups is 1. The van der Waals surface area contributed by atoms with Crippen LogP contribution in [0.4, 0.5) is 28.7 Å². The number of anilines is 2. The Morgan fingerprint density at radius 2 is 1.77 bits per heavy atom. The van der Waals surface area contributed by atoms with Crippen LogP contribution in [0.3, 0.4) is 0 Å². The summed E-state index contributed by atoms with van der Waals surface area (Å²) in [6.07, 6.45) is -4.79. The standard InChI is InChI=1S/C19H23F3N4O3S/c1-3-26(4-2)10-9-23-17(27)13-5-7-14(8-6-13)24-18(28)25-16-11-15(12-30-16)29-19(20,21)22/h5-8,11-12H,3-4,9-10H2,1-2H3,(H,23,27)(H2,24,25,28). The predicted octanol–water partition coefficient (Wildman–Crippen LogP) is 4.36. The van der Waals surface area contributed by atoms with E-state index in [4.69, 9.17) is 0 Å². The number of hydrogen-bond acceptors (Lipinski definition) is 5. The molecular weight excluding hydrogens is 421 g/mol. The van der Waals surface area contributed by atoms with Crippen molar-refractivity contribution in [2.24, 2.45) is 0 Å². The summed E-state index contributed by atoms with van der Waals surface area (Å²) < 4.78 is 40.3.